The number of nitrogens with zero attached hydrogens (tertiary/aromatic N) is 2. The smallest absolute Gasteiger partial charge is 0.230 e. The fraction of sp³-hybridized carbons (Fsp3) is 0.700. The van der Waals surface area contributed by atoms with Crippen LogP contribution in [0, 0.1) is 5.92 Å². The average Bonchev–Trinajstić information content (AvgIpc) is 2.86. The molecule has 0 radical (unpaired) electrons. The Kier molecular flexibility index (Phi) is 5.30. The monoisotopic (exact) mass is 276 g/mol. The molecule has 96 valence electrons. The van der Waals surface area contributed by atoms with Crippen molar-refractivity contribution < 1.29 is 4.79 Å². The first kappa shape index (κ1) is 14.3. The number of hydrogen-bond acceptors (Lipinski definition) is 5. The molecule has 3 N–H and O–H groups in total. The van der Waals surface area contributed by atoms with Crippen LogP contribution in [0.2, 0.25) is 0 Å². The van der Waals surface area contributed by atoms with Crippen LogP contribution in [-0.4, -0.2) is 22.1 Å². The van der Waals surface area contributed by atoms with E-state index in [1.807, 2.05) is 6.92 Å². The molecule has 1 heterocycles. The predicted octanol–water partition coefficient (Wildman–Crippen LogP) is 1.59. The zero-order valence-corrected chi connectivity index (χ0v) is 11.3. The minimum Gasteiger partial charge on any atom is -0.327 e. The van der Waals surface area contributed by atoms with E-state index < -0.39 is 0 Å². The summed E-state index contributed by atoms with van der Waals surface area (Å²) in [5.41, 5.74) is 5.87. The summed E-state index contributed by atoms with van der Waals surface area (Å²) < 4.78 is 0. The number of halogens is 1. The Hall–Kier alpha value is -0.720. The van der Waals surface area contributed by atoms with Gasteiger partial charge in [0, 0.05) is 6.04 Å². The van der Waals surface area contributed by atoms with Gasteiger partial charge in [0.15, 0.2) is 0 Å². The molecule has 0 aromatic carbocycles. The lowest BCUT2D eigenvalue weighted by Crippen LogP contribution is -2.34. The molecule has 5 nitrogen and oxygen atoms in total. The topological polar surface area (TPSA) is 80.9 Å². The van der Waals surface area contributed by atoms with E-state index in [4.69, 9.17) is 5.73 Å². The predicted molar refractivity (Wildman–Crippen MR) is 70.5 cm³/mol. The number of aromatic nitrogens is 2. The van der Waals surface area contributed by atoms with Gasteiger partial charge in [0.25, 0.3) is 0 Å². The third-order valence-corrected chi connectivity index (χ3v) is 3.89. The van der Waals surface area contributed by atoms with E-state index in [0.717, 1.165) is 30.7 Å². The quantitative estimate of drug-likeness (QED) is 0.878. The molecule has 1 aromatic heterocycles. The molecule has 0 aliphatic heterocycles. The van der Waals surface area contributed by atoms with Gasteiger partial charge >= 0.3 is 0 Å². The Morgan fingerprint density at radius 1 is 1.53 bits per heavy atom. The molecule has 2 unspecified atom stereocenters. The summed E-state index contributed by atoms with van der Waals surface area (Å²) in [6.07, 6.45) is 3.70. The van der Waals surface area contributed by atoms with E-state index in [0.29, 0.717) is 5.13 Å². The number of aryl methyl sites for hydroxylation is 1. The molecule has 7 heteroatoms. The highest BCUT2D eigenvalue weighted by Gasteiger charge is 2.30. The molecule has 1 aliphatic rings. The third-order valence-electron chi connectivity index (χ3n) is 2.91. The van der Waals surface area contributed by atoms with Crippen molar-refractivity contribution in [3.8, 4) is 0 Å². The van der Waals surface area contributed by atoms with Crippen LogP contribution in [0.1, 0.15) is 31.2 Å². The Balaban J connectivity index is 0.00000144. The second-order valence-electron chi connectivity index (χ2n) is 4.05. The lowest BCUT2D eigenvalue weighted by Gasteiger charge is -2.13. The average molecular weight is 277 g/mol. The normalized spacial score (nSPS) is 23.2. The SMILES string of the molecule is CCc1nnc(NC(=O)C2CCCC2N)s1.Cl. The molecule has 1 amide bonds. The van der Waals surface area contributed by atoms with Crippen LogP contribution in [0.15, 0.2) is 0 Å². The Labute approximate surface area is 111 Å². The van der Waals surface area contributed by atoms with Gasteiger partial charge in [-0.1, -0.05) is 24.7 Å². The van der Waals surface area contributed by atoms with Crippen LogP contribution in [0.25, 0.3) is 0 Å². The molecule has 1 fully saturated rings. The molecule has 0 bridgehead atoms. The van der Waals surface area contributed by atoms with Crippen molar-refractivity contribution in [1.82, 2.24) is 10.2 Å². The number of rotatable bonds is 3. The second kappa shape index (κ2) is 6.28. The Bertz CT molecular complexity index is 384. The number of anilines is 1. The molecule has 0 spiro atoms. The van der Waals surface area contributed by atoms with Gasteiger partial charge in [-0.3, -0.25) is 4.79 Å². The van der Waals surface area contributed by atoms with E-state index >= 15 is 0 Å². The first-order valence-electron chi connectivity index (χ1n) is 5.59. The largest absolute Gasteiger partial charge is 0.327 e. The number of carbonyl (C=O) groups is 1. The summed E-state index contributed by atoms with van der Waals surface area (Å²) >= 11 is 1.43. The summed E-state index contributed by atoms with van der Waals surface area (Å²) in [4.78, 5) is 11.9. The van der Waals surface area contributed by atoms with Crippen molar-refractivity contribution in [3.63, 3.8) is 0 Å². The van der Waals surface area contributed by atoms with Gasteiger partial charge < -0.3 is 11.1 Å². The van der Waals surface area contributed by atoms with Crippen LogP contribution in [0.5, 0.6) is 0 Å². The second-order valence-corrected chi connectivity index (χ2v) is 5.11. The summed E-state index contributed by atoms with van der Waals surface area (Å²) in [7, 11) is 0. The number of carbonyl (C=O) groups excluding carboxylic acids is 1. The number of nitrogens with one attached hydrogen (secondary N) is 1. The molecular weight excluding hydrogens is 260 g/mol. The van der Waals surface area contributed by atoms with Crippen molar-refractivity contribution in [1.29, 1.82) is 0 Å². The maximum absolute atomic E-state index is 11.9. The van der Waals surface area contributed by atoms with Crippen LogP contribution in [-0.2, 0) is 11.2 Å². The zero-order valence-electron chi connectivity index (χ0n) is 9.68. The minimum absolute atomic E-state index is 0. The molecule has 1 aliphatic carbocycles. The van der Waals surface area contributed by atoms with Crippen molar-refractivity contribution in [2.24, 2.45) is 11.7 Å². The van der Waals surface area contributed by atoms with E-state index in [1.54, 1.807) is 0 Å². The van der Waals surface area contributed by atoms with Crippen LogP contribution < -0.4 is 11.1 Å². The maximum atomic E-state index is 11.9. The van der Waals surface area contributed by atoms with Crippen LogP contribution >= 0.6 is 23.7 Å². The van der Waals surface area contributed by atoms with Crippen molar-refractivity contribution in [2.75, 3.05) is 5.32 Å². The summed E-state index contributed by atoms with van der Waals surface area (Å²) in [5, 5.41) is 12.2. The summed E-state index contributed by atoms with van der Waals surface area (Å²) in [5.74, 6) is -0.0715. The van der Waals surface area contributed by atoms with Crippen LogP contribution in [0.4, 0.5) is 5.13 Å². The highest BCUT2D eigenvalue weighted by atomic mass is 35.5. The zero-order chi connectivity index (χ0) is 11.5. The number of hydrogen-bond donors (Lipinski definition) is 2. The van der Waals surface area contributed by atoms with E-state index in [-0.39, 0.29) is 30.3 Å². The Morgan fingerprint density at radius 3 is 2.82 bits per heavy atom. The van der Waals surface area contributed by atoms with E-state index in [9.17, 15) is 4.79 Å². The first-order chi connectivity index (χ1) is 7.70. The molecule has 1 saturated carbocycles. The maximum Gasteiger partial charge on any atom is 0.230 e. The van der Waals surface area contributed by atoms with Crippen molar-refractivity contribution in [2.45, 2.75) is 38.6 Å². The highest BCUT2D eigenvalue weighted by molar-refractivity contribution is 7.15. The summed E-state index contributed by atoms with van der Waals surface area (Å²) in [6, 6.07) is -0.00133. The third kappa shape index (κ3) is 3.37. The molecule has 0 saturated heterocycles. The minimum atomic E-state index is -0.0611. The van der Waals surface area contributed by atoms with E-state index in [2.05, 4.69) is 15.5 Å². The molecule has 2 atom stereocenters. The molecular formula is C10H17ClN4OS. The van der Waals surface area contributed by atoms with Gasteiger partial charge in [0.05, 0.1) is 5.92 Å². The first-order valence-corrected chi connectivity index (χ1v) is 6.41. The standard InChI is InChI=1S/C10H16N4OS.ClH/c1-2-8-13-14-10(16-8)12-9(15)6-4-3-5-7(6)11;/h6-7H,2-5,11H2,1H3,(H,12,14,15);1H. The van der Waals surface area contributed by atoms with Crippen molar-refractivity contribution in [3.05, 3.63) is 5.01 Å². The lowest BCUT2D eigenvalue weighted by molar-refractivity contribution is -0.120. The van der Waals surface area contributed by atoms with Gasteiger partial charge in [-0.2, -0.15) is 0 Å². The van der Waals surface area contributed by atoms with E-state index in [1.165, 1.54) is 11.3 Å². The van der Waals surface area contributed by atoms with Crippen molar-refractivity contribution >= 4 is 34.8 Å². The summed E-state index contributed by atoms with van der Waals surface area (Å²) in [6.45, 7) is 2.01. The lowest BCUT2D eigenvalue weighted by atomic mass is 10.0. The molecule has 2 rings (SSSR count). The van der Waals surface area contributed by atoms with Gasteiger partial charge in [0.2, 0.25) is 11.0 Å². The number of nitrogens with two attached hydrogens (primary N) is 1. The Morgan fingerprint density at radius 2 is 2.29 bits per heavy atom. The van der Waals surface area contributed by atoms with Gasteiger partial charge in [-0.15, -0.1) is 22.6 Å². The number of amides is 1. The molecule has 17 heavy (non-hydrogen) atoms. The van der Waals surface area contributed by atoms with Gasteiger partial charge in [0.1, 0.15) is 5.01 Å². The molecule has 1 aromatic rings. The van der Waals surface area contributed by atoms with Gasteiger partial charge in [-0.25, -0.2) is 0 Å². The highest BCUT2D eigenvalue weighted by Crippen LogP contribution is 2.26. The van der Waals surface area contributed by atoms with Crippen LogP contribution in [0.3, 0.4) is 0 Å². The fourth-order valence-electron chi connectivity index (χ4n) is 1.96. The fourth-order valence-corrected chi connectivity index (χ4v) is 2.64. The van der Waals surface area contributed by atoms with Gasteiger partial charge in [-0.05, 0) is 19.3 Å².